The molecule has 0 spiro atoms. The maximum Gasteiger partial charge on any atom is 0.409 e. The summed E-state index contributed by atoms with van der Waals surface area (Å²) in [5.74, 6) is 0. The van der Waals surface area contributed by atoms with Gasteiger partial charge >= 0.3 is 6.09 Å². The summed E-state index contributed by atoms with van der Waals surface area (Å²) in [6.07, 6.45) is 19.7. The fourth-order valence-electron chi connectivity index (χ4n) is 1.12. The van der Waals surface area contributed by atoms with Crippen LogP contribution in [0.5, 0.6) is 0 Å². The second-order valence-electron chi connectivity index (χ2n) is 3.33. The van der Waals surface area contributed by atoms with Crippen LogP contribution in [0.2, 0.25) is 0 Å². The molecule has 98 valence electrons. The molecule has 1 amide bonds. The van der Waals surface area contributed by atoms with Crippen LogP contribution in [0.4, 0.5) is 4.79 Å². The van der Waals surface area contributed by atoms with Crippen LogP contribution < -0.4 is 10.7 Å². The molecule has 0 aromatic carbocycles. The van der Waals surface area contributed by atoms with Crippen LogP contribution in [0.25, 0.3) is 0 Å². The first-order chi connectivity index (χ1) is 9.29. The molecule has 5 heteroatoms. The fraction of sp³-hybridized carbons (Fsp3) is 0. The summed E-state index contributed by atoms with van der Waals surface area (Å²) in [6.45, 7) is 0. The highest BCUT2D eigenvalue weighted by molar-refractivity contribution is 5.73. The summed E-state index contributed by atoms with van der Waals surface area (Å²) in [4.78, 5) is 10.6. The number of carboxylic acid groups (broad SMARTS) is 1. The van der Waals surface area contributed by atoms with Crippen LogP contribution in [0.15, 0.2) is 77.8 Å². The normalized spacial score (nSPS) is 28.1. The number of hydrazone groups is 1. The largest absolute Gasteiger partial charge is 0.465 e. The molecule has 0 bridgehead atoms. The average molecular weight is 257 g/mol. The van der Waals surface area contributed by atoms with Gasteiger partial charge in [0.2, 0.25) is 0 Å². The van der Waals surface area contributed by atoms with E-state index in [1.807, 2.05) is 30.4 Å². The minimum absolute atomic E-state index is 0.449. The van der Waals surface area contributed by atoms with Gasteiger partial charge in [0.05, 0.1) is 0 Å². The van der Waals surface area contributed by atoms with E-state index in [4.69, 9.17) is 5.11 Å². The smallest absolute Gasteiger partial charge is 0.409 e. The Morgan fingerprint density at radius 2 is 1.74 bits per heavy atom. The molecule has 1 rings (SSSR count). The van der Waals surface area contributed by atoms with Gasteiger partial charge in [-0.15, -0.1) is 0 Å². The van der Waals surface area contributed by atoms with Gasteiger partial charge in [0, 0.05) is 18.1 Å². The summed E-state index contributed by atoms with van der Waals surface area (Å²) in [7, 11) is 0. The highest BCUT2D eigenvalue weighted by atomic mass is 16.4. The molecule has 1 aliphatic heterocycles. The Hall–Kier alpha value is -2.82. The van der Waals surface area contributed by atoms with Crippen molar-refractivity contribution in [2.45, 2.75) is 0 Å². The predicted molar refractivity (Wildman–Crippen MR) is 76.6 cm³/mol. The first-order valence-electron chi connectivity index (χ1n) is 5.61. The molecule has 0 saturated heterocycles. The Morgan fingerprint density at radius 1 is 1.05 bits per heavy atom. The number of rotatable bonds is 1. The summed E-state index contributed by atoms with van der Waals surface area (Å²) >= 11 is 0. The molecule has 3 N–H and O–H groups in total. The van der Waals surface area contributed by atoms with Crippen molar-refractivity contribution >= 4 is 12.3 Å². The molecule has 0 aliphatic carbocycles. The van der Waals surface area contributed by atoms with Crippen LogP contribution in [-0.2, 0) is 0 Å². The third-order valence-corrected chi connectivity index (χ3v) is 1.88. The Labute approximate surface area is 111 Å². The van der Waals surface area contributed by atoms with Gasteiger partial charge in [-0.2, -0.15) is 5.10 Å². The molecule has 0 saturated carbocycles. The highest BCUT2D eigenvalue weighted by Crippen LogP contribution is 1.94. The van der Waals surface area contributed by atoms with Crippen molar-refractivity contribution in [1.29, 1.82) is 0 Å². The van der Waals surface area contributed by atoms with Crippen LogP contribution in [0, 0.1) is 0 Å². The third-order valence-electron chi connectivity index (χ3n) is 1.88. The fourth-order valence-corrected chi connectivity index (χ4v) is 1.12. The first-order valence-corrected chi connectivity index (χ1v) is 5.61. The van der Waals surface area contributed by atoms with Crippen molar-refractivity contribution in [2.24, 2.45) is 5.10 Å². The van der Waals surface area contributed by atoms with Gasteiger partial charge < -0.3 is 5.11 Å². The Balaban J connectivity index is 2.84. The van der Waals surface area contributed by atoms with E-state index < -0.39 is 6.09 Å². The van der Waals surface area contributed by atoms with Gasteiger partial charge in [0.1, 0.15) is 0 Å². The number of nitrogens with one attached hydrogen (secondary N) is 2. The van der Waals surface area contributed by atoms with Crippen molar-refractivity contribution in [2.75, 3.05) is 0 Å². The molecule has 0 atom stereocenters. The quantitative estimate of drug-likeness (QED) is 0.675. The van der Waals surface area contributed by atoms with Crippen molar-refractivity contribution in [3.05, 3.63) is 72.7 Å². The number of allylic oxidation sites excluding steroid dienone is 10. The zero-order chi connectivity index (χ0) is 13.8. The predicted octanol–water partition coefficient (Wildman–Crippen LogP) is 2.47. The van der Waals surface area contributed by atoms with Crippen LogP contribution in [0.1, 0.15) is 0 Å². The van der Waals surface area contributed by atoms with Crippen LogP contribution in [0.3, 0.4) is 0 Å². The third kappa shape index (κ3) is 7.98. The average Bonchev–Trinajstić information content (AvgIpc) is 2.38. The minimum atomic E-state index is -1.11. The molecule has 5 nitrogen and oxygen atoms in total. The van der Waals surface area contributed by atoms with E-state index in [9.17, 15) is 4.79 Å². The van der Waals surface area contributed by atoms with Crippen LogP contribution >= 0.6 is 0 Å². The molecule has 0 aromatic rings. The minimum Gasteiger partial charge on any atom is -0.465 e. The van der Waals surface area contributed by atoms with E-state index >= 15 is 0 Å². The molecule has 0 radical (unpaired) electrons. The Morgan fingerprint density at radius 3 is 2.47 bits per heavy atom. The lowest BCUT2D eigenvalue weighted by molar-refractivity contribution is 0.198. The number of amides is 1. The van der Waals surface area contributed by atoms with Gasteiger partial charge in [0.15, 0.2) is 0 Å². The standard InChI is InChI=1S/C14H15N3O2/c18-14(19)17-13-9-6-4-2-1-3-5-7-11-15-16-12-8-10-13/h1-12,15,17H,(H,18,19)/b2-1+,5-3-,6-4+,10-8+,11-7+,13-9+,16-12-. The number of nitrogens with zero attached hydrogens (tertiary/aromatic N) is 1. The number of hydrogen-bond acceptors (Lipinski definition) is 3. The molecule has 0 unspecified atom stereocenters. The lowest BCUT2D eigenvalue weighted by Gasteiger charge is -1.98. The molecule has 1 heterocycles. The zero-order valence-electron chi connectivity index (χ0n) is 10.2. The van der Waals surface area contributed by atoms with E-state index in [0.29, 0.717) is 5.70 Å². The highest BCUT2D eigenvalue weighted by Gasteiger charge is 1.95. The molecule has 1 aliphatic rings. The topological polar surface area (TPSA) is 73.7 Å². The molecule has 0 aromatic heterocycles. The van der Waals surface area contributed by atoms with Gasteiger partial charge in [-0.1, -0.05) is 36.5 Å². The lowest BCUT2D eigenvalue weighted by atomic mass is 10.3. The molecule has 19 heavy (non-hydrogen) atoms. The van der Waals surface area contributed by atoms with E-state index in [1.54, 1.807) is 36.6 Å². The lowest BCUT2D eigenvalue weighted by Crippen LogP contribution is -2.18. The monoisotopic (exact) mass is 257 g/mol. The maximum absolute atomic E-state index is 10.6. The number of carbonyl (C=O) groups is 1. The van der Waals surface area contributed by atoms with Crippen molar-refractivity contribution in [3.8, 4) is 0 Å². The van der Waals surface area contributed by atoms with Crippen LogP contribution in [-0.4, -0.2) is 17.4 Å². The summed E-state index contributed by atoms with van der Waals surface area (Å²) < 4.78 is 0. The van der Waals surface area contributed by atoms with Gasteiger partial charge in [-0.05, 0) is 24.3 Å². The van der Waals surface area contributed by atoms with Crippen molar-refractivity contribution in [3.63, 3.8) is 0 Å². The van der Waals surface area contributed by atoms with E-state index in [-0.39, 0.29) is 0 Å². The van der Waals surface area contributed by atoms with Gasteiger partial charge in [0.25, 0.3) is 0 Å². The summed E-state index contributed by atoms with van der Waals surface area (Å²) in [5.41, 5.74) is 3.15. The molecular formula is C14H15N3O2. The number of hydrogen-bond donors (Lipinski definition) is 3. The zero-order valence-corrected chi connectivity index (χ0v) is 10.2. The van der Waals surface area contributed by atoms with Gasteiger partial charge in [-0.25, -0.2) is 4.79 Å². The second kappa shape index (κ2) is 9.23. The summed E-state index contributed by atoms with van der Waals surface area (Å²) in [6, 6.07) is 0. The van der Waals surface area contributed by atoms with E-state index in [2.05, 4.69) is 15.8 Å². The summed E-state index contributed by atoms with van der Waals surface area (Å²) in [5, 5.41) is 14.8. The molecule has 0 fully saturated rings. The van der Waals surface area contributed by atoms with E-state index in [0.717, 1.165) is 0 Å². The van der Waals surface area contributed by atoms with Crippen molar-refractivity contribution < 1.29 is 9.90 Å². The second-order valence-corrected chi connectivity index (χ2v) is 3.33. The maximum atomic E-state index is 10.6. The van der Waals surface area contributed by atoms with Crippen molar-refractivity contribution in [1.82, 2.24) is 10.7 Å². The van der Waals surface area contributed by atoms with Gasteiger partial charge in [-0.3, -0.25) is 10.7 Å². The SMILES string of the molecule is O=C(O)NC1=C/C=C/C=C/C=C\C=C\N/N=C\C=C\1. The molecular weight excluding hydrogens is 242 g/mol. The van der Waals surface area contributed by atoms with E-state index in [1.165, 1.54) is 6.21 Å². The first kappa shape index (κ1) is 14.2. The Kier molecular flexibility index (Phi) is 6.92. The Bertz CT molecular complexity index is 495.